The molecule has 0 fully saturated rings. The highest BCUT2D eigenvalue weighted by molar-refractivity contribution is 9.10. The molecule has 1 N–H and O–H groups in total. The van der Waals surface area contributed by atoms with Gasteiger partial charge in [0.15, 0.2) is 11.4 Å². The molecule has 0 saturated carbocycles. The largest absolute Gasteiger partial charge is 0.462 e. The second-order valence-corrected chi connectivity index (χ2v) is 6.14. The van der Waals surface area contributed by atoms with E-state index in [1.54, 1.807) is 25.1 Å². The number of hydrogen-bond acceptors (Lipinski definition) is 5. The van der Waals surface area contributed by atoms with Crippen molar-refractivity contribution in [2.24, 2.45) is 0 Å². The number of hydrogen-bond donors (Lipinski definition) is 1. The Hall–Kier alpha value is -2.91. The van der Waals surface area contributed by atoms with Crippen molar-refractivity contribution in [3.63, 3.8) is 0 Å². The van der Waals surface area contributed by atoms with Crippen LogP contribution in [-0.4, -0.2) is 18.4 Å². The van der Waals surface area contributed by atoms with Gasteiger partial charge < -0.3 is 10.1 Å². The lowest BCUT2D eigenvalue weighted by Gasteiger charge is -2.08. The minimum absolute atomic E-state index is 0.0453. The Morgan fingerprint density at radius 3 is 2.64 bits per heavy atom. The molecule has 1 aliphatic rings. The third kappa shape index (κ3) is 3.06. The van der Waals surface area contributed by atoms with Crippen LogP contribution in [0.5, 0.6) is 0 Å². The zero-order valence-electron chi connectivity index (χ0n) is 13.3. The van der Waals surface area contributed by atoms with Gasteiger partial charge in [-0.05, 0) is 46.1 Å². The lowest BCUT2D eigenvalue weighted by molar-refractivity contribution is -0.138. The van der Waals surface area contributed by atoms with Crippen molar-refractivity contribution in [3.05, 3.63) is 63.8 Å². The predicted octanol–water partition coefficient (Wildman–Crippen LogP) is 4.04. The van der Waals surface area contributed by atoms with Crippen molar-refractivity contribution in [1.29, 1.82) is 5.26 Å². The molecule has 5 nitrogen and oxygen atoms in total. The summed E-state index contributed by atoms with van der Waals surface area (Å²) in [6.07, 6.45) is 1.27. The second-order valence-electron chi connectivity index (χ2n) is 5.29. The average molecular weight is 397 g/mol. The molecule has 0 atom stereocenters. The molecule has 0 saturated heterocycles. The van der Waals surface area contributed by atoms with Crippen LogP contribution in [0.1, 0.15) is 22.8 Å². The number of halogens is 1. The number of rotatable bonds is 4. The number of nitriles is 1. The van der Waals surface area contributed by atoms with Crippen molar-refractivity contribution in [2.75, 3.05) is 11.9 Å². The van der Waals surface area contributed by atoms with Crippen LogP contribution in [0.25, 0.3) is 11.1 Å². The number of anilines is 1. The maximum absolute atomic E-state index is 12.6. The number of ether oxygens (including phenoxy) is 1. The Labute approximate surface area is 153 Å². The average Bonchev–Trinajstić information content (AvgIpc) is 2.88. The molecule has 0 bridgehead atoms. The van der Waals surface area contributed by atoms with Gasteiger partial charge in [-0.15, -0.1) is 0 Å². The van der Waals surface area contributed by atoms with Crippen LogP contribution in [0.3, 0.4) is 0 Å². The quantitative estimate of drug-likeness (QED) is 0.408. The second kappa shape index (κ2) is 6.91. The fourth-order valence-electron chi connectivity index (χ4n) is 2.65. The molecule has 0 aliphatic heterocycles. The number of esters is 1. The van der Waals surface area contributed by atoms with E-state index in [9.17, 15) is 9.59 Å². The first-order chi connectivity index (χ1) is 12.1. The maximum atomic E-state index is 12.6. The van der Waals surface area contributed by atoms with Crippen molar-refractivity contribution in [2.45, 2.75) is 6.92 Å². The summed E-state index contributed by atoms with van der Waals surface area (Å²) in [6.45, 7) is 1.86. The van der Waals surface area contributed by atoms with E-state index in [4.69, 9.17) is 10.00 Å². The van der Waals surface area contributed by atoms with Gasteiger partial charge in [0.2, 0.25) is 0 Å². The summed E-state index contributed by atoms with van der Waals surface area (Å²) in [5.74, 6) is -0.741. The summed E-state index contributed by atoms with van der Waals surface area (Å²) < 4.78 is 5.53. The van der Waals surface area contributed by atoms with E-state index in [-0.39, 0.29) is 18.0 Å². The van der Waals surface area contributed by atoms with Crippen LogP contribution < -0.4 is 5.32 Å². The van der Waals surface area contributed by atoms with E-state index in [1.165, 1.54) is 6.20 Å². The number of nitrogens with one attached hydrogen (secondary N) is 1. The molecule has 0 unspecified atom stereocenters. The lowest BCUT2D eigenvalue weighted by atomic mass is 10.1. The van der Waals surface area contributed by atoms with Crippen LogP contribution in [0.4, 0.5) is 5.69 Å². The van der Waals surface area contributed by atoms with Crippen LogP contribution in [0, 0.1) is 11.3 Å². The number of nitrogens with zero attached hydrogens (tertiary/aromatic N) is 1. The fraction of sp³-hybridized carbons (Fsp3) is 0.105. The third-order valence-corrected chi connectivity index (χ3v) is 4.46. The SMILES string of the molecule is CCOC(=O)/C(C#N)=C\Nc1cc2c(cc1Br)-c1ccccc1C2=O. The van der Waals surface area contributed by atoms with Gasteiger partial charge in [-0.1, -0.05) is 24.3 Å². The molecule has 0 spiro atoms. The first-order valence-corrected chi connectivity index (χ1v) is 8.37. The minimum Gasteiger partial charge on any atom is -0.462 e. The molecular formula is C19H13BrN2O3. The number of carbonyl (C=O) groups excluding carboxylic acids is 2. The van der Waals surface area contributed by atoms with Crippen molar-refractivity contribution < 1.29 is 14.3 Å². The van der Waals surface area contributed by atoms with Gasteiger partial charge in [0, 0.05) is 21.8 Å². The van der Waals surface area contributed by atoms with Crippen LogP contribution >= 0.6 is 15.9 Å². The van der Waals surface area contributed by atoms with E-state index in [1.807, 2.05) is 24.3 Å². The number of fused-ring (bicyclic) bond motifs is 3. The number of ketones is 1. The Morgan fingerprint density at radius 1 is 1.24 bits per heavy atom. The number of benzene rings is 2. The zero-order valence-corrected chi connectivity index (χ0v) is 14.9. The van der Waals surface area contributed by atoms with Gasteiger partial charge in [0.1, 0.15) is 6.07 Å². The van der Waals surface area contributed by atoms with Gasteiger partial charge in [-0.2, -0.15) is 5.26 Å². The third-order valence-electron chi connectivity index (χ3n) is 3.80. The van der Waals surface area contributed by atoms with Crippen molar-refractivity contribution in [1.82, 2.24) is 0 Å². The predicted molar refractivity (Wildman–Crippen MR) is 97.0 cm³/mol. The highest BCUT2D eigenvalue weighted by atomic mass is 79.9. The molecule has 25 heavy (non-hydrogen) atoms. The van der Waals surface area contributed by atoms with Gasteiger partial charge in [-0.25, -0.2) is 4.79 Å². The van der Waals surface area contributed by atoms with E-state index < -0.39 is 5.97 Å². The zero-order chi connectivity index (χ0) is 18.0. The molecule has 6 heteroatoms. The van der Waals surface area contributed by atoms with Crippen LogP contribution in [0.2, 0.25) is 0 Å². The molecule has 0 heterocycles. The Balaban J connectivity index is 1.95. The molecule has 3 rings (SSSR count). The summed E-state index contributed by atoms with van der Waals surface area (Å²) in [5.41, 5.74) is 3.43. The van der Waals surface area contributed by atoms with Gasteiger partial charge in [0.25, 0.3) is 0 Å². The lowest BCUT2D eigenvalue weighted by Crippen LogP contribution is -2.08. The van der Waals surface area contributed by atoms with Gasteiger partial charge in [0.05, 0.1) is 12.3 Å². The highest BCUT2D eigenvalue weighted by Gasteiger charge is 2.27. The van der Waals surface area contributed by atoms with Gasteiger partial charge in [-0.3, -0.25) is 4.79 Å². The molecule has 124 valence electrons. The summed E-state index contributed by atoms with van der Waals surface area (Å²) >= 11 is 3.46. The Morgan fingerprint density at radius 2 is 1.96 bits per heavy atom. The van der Waals surface area contributed by atoms with Crippen LogP contribution in [0.15, 0.2) is 52.6 Å². The fourth-order valence-corrected chi connectivity index (χ4v) is 3.11. The Bertz CT molecular complexity index is 958. The standard InChI is InChI=1S/C19H13BrN2O3/c1-2-25-19(24)11(9-21)10-22-17-8-15-14(7-16(17)20)12-5-3-4-6-13(12)18(15)23/h3-8,10,22H,2H2,1H3/b11-10-. The van der Waals surface area contributed by atoms with Gasteiger partial charge >= 0.3 is 5.97 Å². The summed E-state index contributed by atoms with van der Waals surface area (Å²) in [6, 6.07) is 12.8. The molecule has 0 aromatic heterocycles. The van der Waals surface area contributed by atoms with Crippen LogP contribution in [-0.2, 0) is 9.53 Å². The normalized spacial score (nSPS) is 12.2. The van der Waals surface area contributed by atoms with E-state index in [2.05, 4.69) is 21.2 Å². The Kier molecular flexibility index (Phi) is 4.68. The first-order valence-electron chi connectivity index (χ1n) is 7.58. The molecule has 2 aromatic carbocycles. The van der Waals surface area contributed by atoms with E-state index in [0.717, 1.165) is 11.1 Å². The molecular weight excluding hydrogens is 384 g/mol. The first kappa shape index (κ1) is 16.9. The summed E-state index contributed by atoms with van der Waals surface area (Å²) in [7, 11) is 0. The smallest absolute Gasteiger partial charge is 0.350 e. The highest BCUT2D eigenvalue weighted by Crippen LogP contribution is 2.40. The number of carbonyl (C=O) groups is 2. The molecule has 0 amide bonds. The van der Waals surface area contributed by atoms with E-state index >= 15 is 0 Å². The van der Waals surface area contributed by atoms with Crippen molar-refractivity contribution in [3.8, 4) is 17.2 Å². The maximum Gasteiger partial charge on any atom is 0.350 e. The topological polar surface area (TPSA) is 79.2 Å². The summed E-state index contributed by atoms with van der Waals surface area (Å²) in [4.78, 5) is 24.2. The molecule has 1 aliphatic carbocycles. The molecule has 2 aromatic rings. The molecule has 0 radical (unpaired) electrons. The summed E-state index contributed by atoms with van der Waals surface area (Å²) in [5, 5.41) is 12.0. The minimum atomic E-state index is -0.696. The monoisotopic (exact) mass is 396 g/mol. The van der Waals surface area contributed by atoms with Crippen molar-refractivity contribution >= 4 is 33.4 Å². The van der Waals surface area contributed by atoms with E-state index in [0.29, 0.717) is 21.3 Å².